The topological polar surface area (TPSA) is 55.1 Å². The summed E-state index contributed by atoms with van der Waals surface area (Å²) >= 11 is 0. The highest BCUT2D eigenvalue weighted by Crippen LogP contribution is 2.33. The Hall–Kier alpha value is -3.80. The van der Waals surface area contributed by atoms with Crippen molar-refractivity contribution in [3.8, 4) is 0 Å². The standard InChI is InChI=1S/C29H28F2N2O2/c1-18-5-9-22(10-6-18)20(3)25-17-33(28-24(25)12-13-26(32-28)29(4,30)31)16-21-8-7-19(2)23(15-21)11-14-27(34)35/h5-10,12-13,15,17H,3,11,14,16H2,1-2,4H3,(H,34,35). The van der Waals surface area contributed by atoms with Crippen molar-refractivity contribution in [2.75, 3.05) is 0 Å². The fraction of sp³-hybridized carbons (Fsp3) is 0.241. The molecule has 0 unspecified atom stereocenters. The molecule has 0 fully saturated rings. The number of carboxylic acid groups (broad SMARTS) is 1. The van der Waals surface area contributed by atoms with Crippen LogP contribution in [0.4, 0.5) is 8.78 Å². The van der Waals surface area contributed by atoms with Crippen LogP contribution in [0.3, 0.4) is 0 Å². The van der Waals surface area contributed by atoms with Gasteiger partial charge in [-0.1, -0.05) is 54.6 Å². The SMILES string of the molecule is C=C(c1ccc(C)cc1)c1cn(Cc2ccc(C)c(CCC(=O)O)c2)c2nc(C(C)(F)F)ccc12. The molecule has 4 aromatic rings. The van der Waals surface area contributed by atoms with Gasteiger partial charge < -0.3 is 9.67 Å². The van der Waals surface area contributed by atoms with Crippen LogP contribution in [0.5, 0.6) is 0 Å². The Balaban J connectivity index is 1.79. The van der Waals surface area contributed by atoms with Crippen molar-refractivity contribution in [2.24, 2.45) is 0 Å². The normalized spacial score (nSPS) is 11.7. The van der Waals surface area contributed by atoms with Gasteiger partial charge >= 0.3 is 5.97 Å². The number of aryl methyl sites for hydroxylation is 3. The fourth-order valence-corrected chi connectivity index (χ4v) is 4.21. The van der Waals surface area contributed by atoms with Crippen LogP contribution < -0.4 is 0 Å². The van der Waals surface area contributed by atoms with Crippen LogP contribution in [0.1, 0.15) is 52.4 Å². The Kier molecular flexibility index (Phi) is 6.57. The first kappa shape index (κ1) is 24.3. The van der Waals surface area contributed by atoms with Crippen molar-refractivity contribution in [3.05, 3.63) is 106 Å². The van der Waals surface area contributed by atoms with Gasteiger partial charge in [-0.05, 0) is 60.2 Å². The first-order valence-corrected chi connectivity index (χ1v) is 11.5. The number of pyridine rings is 1. The number of rotatable bonds is 8. The summed E-state index contributed by atoms with van der Waals surface area (Å²) < 4.78 is 30.1. The molecule has 0 bridgehead atoms. The molecular formula is C29H28F2N2O2. The minimum absolute atomic E-state index is 0.0494. The van der Waals surface area contributed by atoms with Crippen LogP contribution in [0.2, 0.25) is 0 Å². The van der Waals surface area contributed by atoms with Gasteiger partial charge in [0.1, 0.15) is 11.3 Å². The summed E-state index contributed by atoms with van der Waals surface area (Å²) in [5, 5.41) is 9.81. The van der Waals surface area contributed by atoms with Gasteiger partial charge in [0.15, 0.2) is 0 Å². The lowest BCUT2D eigenvalue weighted by Crippen LogP contribution is -2.10. The second-order valence-electron chi connectivity index (χ2n) is 9.13. The molecule has 0 aliphatic carbocycles. The predicted molar refractivity (Wildman–Crippen MR) is 135 cm³/mol. The smallest absolute Gasteiger partial charge is 0.303 e. The van der Waals surface area contributed by atoms with Crippen LogP contribution in [-0.2, 0) is 23.7 Å². The summed E-state index contributed by atoms with van der Waals surface area (Å²) in [6.45, 7) is 9.50. The molecular weight excluding hydrogens is 446 g/mol. The molecule has 0 amide bonds. The second kappa shape index (κ2) is 9.45. The third kappa shape index (κ3) is 5.32. The number of alkyl halides is 2. The first-order chi connectivity index (χ1) is 16.5. The van der Waals surface area contributed by atoms with Gasteiger partial charge in [0.05, 0.1) is 0 Å². The molecule has 0 atom stereocenters. The predicted octanol–water partition coefficient (Wildman–Crippen LogP) is 6.89. The molecule has 0 aliphatic heterocycles. The van der Waals surface area contributed by atoms with Crippen molar-refractivity contribution in [1.29, 1.82) is 0 Å². The highest BCUT2D eigenvalue weighted by atomic mass is 19.3. The largest absolute Gasteiger partial charge is 0.481 e. The van der Waals surface area contributed by atoms with E-state index in [1.807, 2.05) is 67.1 Å². The van der Waals surface area contributed by atoms with Gasteiger partial charge in [0.2, 0.25) is 0 Å². The Morgan fingerprint density at radius 3 is 2.46 bits per heavy atom. The van der Waals surface area contributed by atoms with E-state index in [2.05, 4.69) is 11.6 Å². The monoisotopic (exact) mass is 474 g/mol. The van der Waals surface area contributed by atoms with Crippen LogP contribution >= 0.6 is 0 Å². The maximum Gasteiger partial charge on any atom is 0.303 e. The van der Waals surface area contributed by atoms with Gasteiger partial charge in [-0.15, -0.1) is 0 Å². The van der Waals surface area contributed by atoms with Gasteiger partial charge in [0, 0.05) is 37.0 Å². The maximum atomic E-state index is 14.1. The molecule has 0 aliphatic rings. The van der Waals surface area contributed by atoms with Crippen LogP contribution in [-0.4, -0.2) is 20.6 Å². The molecule has 0 saturated heterocycles. The van der Waals surface area contributed by atoms with Crippen molar-refractivity contribution >= 4 is 22.6 Å². The molecule has 4 nitrogen and oxygen atoms in total. The van der Waals surface area contributed by atoms with Crippen molar-refractivity contribution in [2.45, 2.75) is 46.1 Å². The molecule has 2 aromatic carbocycles. The van der Waals surface area contributed by atoms with E-state index in [1.54, 1.807) is 6.07 Å². The Bertz CT molecular complexity index is 1410. The fourth-order valence-electron chi connectivity index (χ4n) is 4.21. The number of halogens is 2. The molecule has 0 radical (unpaired) electrons. The number of aliphatic carboxylic acids is 1. The van der Waals surface area contributed by atoms with Gasteiger partial charge in [-0.3, -0.25) is 4.79 Å². The number of hydrogen-bond acceptors (Lipinski definition) is 2. The van der Waals surface area contributed by atoms with E-state index in [-0.39, 0.29) is 12.1 Å². The van der Waals surface area contributed by atoms with E-state index in [0.717, 1.165) is 51.3 Å². The van der Waals surface area contributed by atoms with Gasteiger partial charge in [-0.25, -0.2) is 4.98 Å². The minimum Gasteiger partial charge on any atom is -0.481 e. The molecule has 4 rings (SSSR count). The Labute approximate surface area is 203 Å². The number of carbonyl (C=O) groups is 1. The number of hydrogen-bond donors (Lipinski definition) is 1. The summed E-state index contributed by atoms with van der Waals surface area (Å²) in [6, 6.07) is 17.0. The zero-order chi connectivity index (χ0) is 25.3. The number of nitrogens with zero attached hydrogens (tertiary/aromatic N) is 2. The van der Waals surface area contributed by atoms with Gasteiger partial charge in [0.25, 0.3) is 5.92 Å². The molecule has 2 heterocycles. The molecule has 35 heavy (non-hydrogen) atoms. The molecule has 6 heteroatoms. The second-order valence-corrected chi connectivity index (χ2v) is 9.13. The summed E-state index contributed by atoms with van der Waals surface area (Å²) in [5.74, 6) is -3.91. The molecule has 0 saturated carbocycles. The van der Waals surface area contributed by atoms with E-state index >= 15 is 0 Å². The molecule has 2 aromatic heterocycles. The number of fused-ring (bicyclic) bond motifs is 1. The number of benzene rings is 2. The molecule has 180 valence electrons. The third-order valence-corrected chi connectivity index (χ3v) is 6.27. The third-order valence-electron chi connectivity index (χ3n) is 6.27. The van der Waals surface area contributed by atoms with E-state index < -0.39 is 11.9 Å². The lowest BCUT2D eigenvalue weighted by Gasteiger charge is -2.12. The average molecular weight is 475 g/mol. The highest BCUT2D eigenvalue weighted by Gasteiger charge is 2.27. The van der Waals surface area contributed by atoms with E-state index in [9.17, 15) is 13.6 Å². The lowest BCUT2D eigenvalue weighted by molar-refractivity contribution is -0.136. The number of carboxylic acids is 1. The molecule has 0 spiro atoms. The molecule has 1 N–H and O–H groups in total. The average Bonchev–Trinajstić information content (AvgIpc) is 3.16. The van der Waals surface area contributed by atoms with Crippen molar-refractivity contribution < 1.29 is 18.7 Å². The zero-order valence-corrected chi connectivity index (χ0v) is 20.1. The zero-order valence-electron chi connectivity index (χ0n) is 20.1. The lowest BCUT2D eigenvalue weighted by atomic mass is 9.99. The van der Waals surface area contributed by atoms with Gasteiger partial charge in [-0.2, -0.15) is 8.78 Å². The quantitative estimate of drug-likeness (QED) is 0.302. The van der Waals surface area contributed by atoms with Crippen molar-refractivity contribution in [3.63, 3.8) is 0 Å². The highest BCUT2D eigenvalue weighted by molar-refractivity contribution is 5.95. The van der Waals surface area contributed by atoms with Crippen LogP contribution in [0.25, 0.3) is 16.6 Å². The van der Waals surface area contributed by atoms with E-state index in [4.69, 9.17) is 5.11 Å². The Morgan fingerprint density at radius 2 is 1.80 bits per heavy atom. The summed E-state index contributed by atoms with van der Waals surface area (Å²) in [4.78, 5) is 15.4. The maximum absolute atomic E-state index is 14.1. The first-order valence-electron chi connectivity index (χ1n) is 11.5. The summed E-state index contributed by atoms with van der Waals surface area (Å²) in [7, 11) is 0. The summed E-state index contributed by atoms with van der Waals surface area (Å²) in [5.41, 5.74) is 6.80. The summed E-state index contributed by atoms with van der Waals surface area (Å²) in [6.07, 6.45) is 2.39. The van der Waals surface area contributed by atoms with E-state index in [1.165, 1.54) is 6.07 Å². The van der Waals surface area contributed by atoms with E-state index in [0.29, 0.717) is 18.6 Å². The minimum atomic E-state index is -3.06. The van der Waals surface area contributed by atoms with Crippen LogP contribution in [0, 0.1) is 13.8 Å². The van der Waals surface area contributed by atoms with Crippen LogP contribution in [0.15, 0.2) is 67.4 Å². The van der Waals surface area contributed by atoms with Crippen molar-refractivity contribution in [1.82, 2.24) is 9.55 Å². The number of aromatic nitrogens is 2. The Morgan fingerprint density at radius 1 is 1.09 bits per heavy atom.